The average Bonchev–Trinajstić information content (AvgIpc) is 2.58. The first-order valence-electron chi connectivity index (χ1n) is 6.42. The molecule has 2 amide bonds. The van der Waals surface area contributed by atoms with Crippen molar-refractivity contribution in [3.05, 3.63) is 58.7 Å². The maximum absolute atomic E-state index is 11.8. The van der Waals surface area contributed by atoms with Gasteiger partial charge in [0.15, 0.2) is 0 Å². The zero-order valence-electron chi connectivity index (χ0n) is 11.7. The van der Waals surface area contributed by atoms with Crippen molar-refractivity contribution < 1.29 is 9.59 Å². The molecule has 2 aromatic rings. The van der Waals surface area contributed by atoms with E-state index in [1.807, 2.05) is 6.07 Å². The molecule has 0 saturated carbocycles. The van der Waals surface area contributed by atoms with Crippen LogP contribution in [0.15, 0.2) is 47.6 Å². The van der Waals surface area contributed by atoms with Crippen LogP contribution >= 0.6 is 23.4 Å². The van der Waals surface area contributed by atoms with Gasteiger partial charge in [0.1, 0.15) is 0 Å². The predicted octanol–water partition coefficient (Wildman–Crippen LogP) is 2.16. The molecule has 0 atom stereocenters. The molecular formula is C15H11ClN4O2S. The lowest BCUT2D eigenvalue weighted by molar-refractivity contribution is -0.119. The third-order valence-corrected chi connectivity index (χ3v) is 3.81. The molecule has 0 saturated heterocycles. The molecule has 0 bridgehead atoms. The summed E-state index contributed by atoms with van der Waals surface area (Å²) in [5.74, 6) is -0.769. The maximum Gasteiger partial charge on any atom is 0.269 e. The Morgan fingerprint density at radius 3 is 2.65 bits per heavy atom. The van der Waals surface area contributed by atoms with Crippen LogP contribution in [-0.2, 0) is 4.79 Å². The summed E-state index contributed by atoms with van der Waals surface area (Å²) in [7, 11) is 0. The monoisotopic (exact) mass is 346 g/mol. The Kier molecular flexibility index (Phi) is 5.97. The second kappa shape index (κ2) is 8.17. The van der Waals surface area contributed by atoms with Gasteiger partial charge in [-0.15, -0.1) is 0 Å². The Labute approximate surface area is 141 Å². The summed E-state index contributed by atoms with van der Waals surface area (Å²) in [5, 5.41) is 9.87. The number of pyridine rings is 1. The van der Waals surface area contributed by atoms with Crippen molar-refractivity contribution in [2.24, 2.45) is 0 Å². The van der Waals surface area contributed by atoms with E-state index in [0.717, 1.165) is 11.8 Å². The van der Waals surface area contributed by atoms with Gasteiger partial charge in [-0.1, -0.05) is 23.4 Å². The molecule has 0 spiro atoms. The van der Waals surface area contributed by atoms with Crippen LogP contribution in [0.5, 0.6) is 0 Å². The van der Waals surface area contributed by atoms with E-state index in [1.165, 1.54) is 6.20 Å². The molecule has 0 fully saturated rings. The minimum atomic E-state index is -0.440. The molecule has 0 unspecified atom stereocenters. The third-order valence-electron chi connectivity index (χ3n) is 2.64. The van der Waals surface area contributed by atoms with E-state index in [2.05, 4.69) is 15.8 Å². The average molecular weight is 347 g/mol. The van der Waals surface area contributed by atoms with E-state index in [9.17, 15) is 9.59 Å². The lowest BCUT2D eigenvalue weighted by Gasteiger charge is -2.07. The van der Waals surface area contributed by atoms with Gasteiger partial charge in [-0.3, -0.25) is 20.4 Å². The van der Waals surface area contributed by atoms with Crippen LogP contribution < -0.4 is 10.9 Å². The van der Waals surface area contributed by atoms with Gasteiger partial charge >= 0.3 is 0 Å². The molecule has 1 heterocycles. The Morgan fingerprint density at radius 2 is 1.96 bits per heavy atom. The van der Waals surface area contributed by atoms with Crippen molar-refractivity contribution >= 4 is 35.2 Å². The Balaban J connectivity index is 1.79. The van der Waals surface area contributed by atoms with Crippen LogP contribution in [0.3, 0.4) is 0 Å². The summed E-state index contributed by atoms with van der Waals surface area (Å²) >= 11 is 6.90. The predicted molar refractivity (Wildman–Crippen MR) is 86.7 cm³/mol. The number of benzene rings is 1. The van der Waals surface area contributed by atoms with Crippen LogP contribution in [0.25, 0.3) is 0 Å². The first-order valence-corrected chi connectivity index (χ1v) is 7.78. The molecule has 0 aliphatic rings. The van der Waals surface area contributed by atoms with E-state index in [-0.39, 0.29) is 11.7 Å². The number of hydrazine groups is 1. The van der Waals surface area contributed by atoms with E-state index in [1.54, 1.807) is 36.4 Å². The number of halogens is 1. The van der Waals surface area contributed by atoms with Gasteiger partial charge in [0.05, 0.1) is 22.4 Å². The quantitative estimate of drug-likeness (QED) is 0.653. The highest BCUT2D eigenvalue weighted by Crippen LogP contribution is 2.15. The molecule has 6 nitrogen and oxygen atoms in total. The molecule has 1 aromatic carbocycles. The first kappa shape index (κ1) is 16.8. The number of thioether (sulfide) groups is 1. The normalized spacial score (nSPS) is 9.74. The molecule has 23 heavy (non-hydrogen) atoms. The fourth-order valence-corrected chi connectivity index (χ4v) is 2.36. The Morgan fingerprint density at radius 1 is 1.22 bits per heavy atom. The number of hydrogen-bond acceptors (Lipinski definition) is 5. The van der Waals surface area contributed by atoms with Crippen molar-refractivity contribution in [3.8, 4) is 6.07 Å². The van der Waals surface area contributed by atoms with Gasteiger partial charge in [0.25, 0.3) is 5.91 Å². The summed E-state index contributed by atoms with van der Waals surface area (Å²) in [4.78, 5) is 27.5. The summed E-state index contributed by atoms with van der Waals surface area (Å²) in [6, 6.07) is 11.4. The largest absolute Gasteiger partial charge is 0.272 e. The van der Waals surface area contributed by atoms with E-state index < -0.39 is 5.91 Å². The van der Waals surface area contributed by atoms with Crippen molar-refractivity contribution in [2.75, 3.05) is 5.75 Å². The zero-order valence-corrected chi connectivity index (χ0v) is 13.3. The highest BCUT2D eigenvalue weighted by molar-refractivity contribution is 7.99. The summed E-state index contributed by atoms with van der Waals surface area (Å²) < 4.78 is 0. The Bertz CT molecular complexity index is 759. The van der Waals surface area contributed by atoms with Crippen molar-refractivity contribution in [1.82, 2.24) is 15.8 Å². The standard InChI is InChI=1S/C15H11ClN4O2S/c16-12-3-1-11(2-4-12)15(22)20-19-13(21)9-23-14-7-10(8-17)5-6-18-14/h1-7H,9H2,(H,19,21)(H,20,22). The molecule has 116 valence electrons. The van der Waals surface area contributed by atoms with Gasteiger partial charge < -0.3 is 0 Å². The number of aromatic nitrogens is 1. The number of nitriles is 1. The number of hydrogen-bond donors (Lipinski definition) is 2. The van der Waals surface area contributed by atoms with E-state index >= 15 is 0 Å². The zero-order chi connectivity index (χ0) is 16.7. The lowest BCUT2D eigenvalue weighted by Crippen LogP contribution is -2.42. The molecular weight excluding hydrogens is 336 g/mol. The second-order valence-corrected chi connectivity index (χ2v) is 5.72. The van der Waals surface area contributed by atoms with Crippen LogP contribution in [0.2, 0.25) is 5.02 Å². The van der Waals surface area contributed by atoms with Crippen LogP contribution in [0.4, 0.5) is 0 Å². The molecule has 0 aliphatic carbocycles. The number of nitrogens with one attached hydrogen (secondary N) is 2. The maximum atomic E-state index is 11.8. The number of carbonyl (C=O) groups excluding carboxylic acids is 2. The van der Waals surface area contributed by atoms with Gasteiger partial charge in [-0.25, -0.2) is 4.98 Å². The van der Waals surface area contributed by atoms with Crippen LogP contribution in [0.1, 0.15) is 15.9 Å². The van der Waals surface area contributed by atoms with Crippen LogP contribution in [0, 0.1) is 11.3 Å². The molecule has 0 aliphatic heterocycles. The van der Waals surface area contributed by atoms with Crippen molar-refractivity contribution in [3.63, 3.8) is 0 Å². The van der Waals surface area contributed by atoms with Crippen molar-refractivity contribution in [1.29, 1.82) is 5.26 Å². The van der Waals surface area contributed by atoms with Gasteiger partial charge in [-0.05, 0) is 36.4 Å². The topological polar surface area (TPSA) is 94.9 Å². The summed E-state index contributed by atoms with van der Waals surface area (Å²) in [6.45, 7) is 0. The van der Waals surface area contributed by atoms with Gasteiger partial charge in [0.2, 0.25) is 5.91 Å². The second-order valence-electron chi connectivity index (χ2n) is 4.29. The fourth-order valence-electron chi connectivity index (χ4n) is 1.53. The first-order chi connectivity index (χ1) is 11.1. The van der Waals surface area contributed by atoms with Crippen LogP contribution in [-0.4, -0.2) is 22.6 Å². The molecule has 2 N–H and O–H groups in total. The van der Waals surface area contributed by atoms with E-state index in [0.29, 0.717) is 21.2 Å². The third kappa shape index (κ3) is 5.29. The van der Waals surface area contributed by atoms with Crippen molar-refractivity contribution in [2.45, 2.75) is 5.03 Å². The number of nitrogens with zero attached hydrogens (tertiary/aromatic N) is 2. The van der Waals surface area contributed by atoms with Gasteiger partial charge in [0, 0.05) is 16.8 Å². The highest BCUT2D eigenvalue weighted by Gasteiger charge is 2.08. The minimum Gasteiger partial charge on any atom is -0.272 e. The molecule has 1 aromatic heterocycles. The Hall–Kier alpha value is -2.56. The minimum absolute atomic E-state index is 0.0583. The highest BCUT2D eigenvalue weighted by atomic mass is 35.5. The van der Waals surface area contributed by atoms with E-state index in [4.69, 9.17) is 16.9 Å². The molecule has 2 rings (SSSR count). The molecule has 0 radical (unpaired) electrons. The summed E-state index contributed by atoms with van der Waals surface area (Å²) in [5.41, 5.74) is 5.47. The smallest absolute Gasteiger partial charge is 0.269 e. The summed E-state index contributed by atoms with van der Waals surface area (Å²) in [6.07, 6.45) is 1.50. The van der Waals surface area contributed by atoms with Gasteiger partial charge in [-0.2, -0.15) is 5.26 Å². The lowest BCUT2D eigenvalue weighted by atomic mass is 10.2. The SMILES string of the molecule is N#Cc1ccnc(SCC(=O)NNC(=O)c2ccc(Cl)cc2)c1. The molecule has 8 heteroatoms. The number of carbonyl (C=O) groups is 2. The number of rotatable bonds is 4. The fraction of sp³-hybridized carbons (Fsp3) is 0.0667. The number of amides is 2.